The summed E-state index contributed by atoms with van der Waals surface area (Å²) in [6, 6.07) is 11.1. The van der Waals surface area contributed by atoms with Crippen LogP contribution in [-0.4, -0.2) is 21.6 Å². The van der Waals surface area contributed by atoms with Crippen molar-refractivity contribution >= 4 is 11.4 Å². The minimum absolute atomic E-state index is 0.0732. The first-order valence-electron chi connectivity index (χ1n) is 6.13. The summed E-state index contributed by atoms with van der Waals surface area (Å²) in [5.74, 6) is 0. The molecule has 0 amide bonds. The second-order valence-electron chi connectivity index (χ2n) is 4.25. The third-order valence-electron chi connectivity index (χ3n) is 2.84. The van der Waals surface area contributed by atoms with Gasteiger partial charge in [-0.1, -0.05) is 6.07 Å². The highest BCUT2D eigenvalue weighted by Gasteiger charge is 2.16. The van der Waals surface area contributed by atoms with E-state index in [4.69, 9.17) is 5.26 Å². The van der Waals surface area contributed by atoms with Gasteiger partial charge in [-0.05, 0) is 24.3 Å². The minimum atomic E-state index is -0.888. The first kappa shape index (κ1) is 14.4. The highest BCUT2D eigenvalue weighted by Crippen LogP contribution is 2.26. The molecule has 2 aromatic rings. The van der Waals surface area contributed by atoms with E-state index in [0.717, 1.165) is 0 Å². The molecule has 0 fully saturated rings. The number of rotatable bonds is 5. The van der Waals surface area contributed by atoms with Crippen LogP contribution in [0.25, 0.3) is 0 Å². The van der Waals surface area contributed by atoms with Gasteiger partial charge >= 0.3 is 0 Å². The zero-order chi connectivity index (χ0) is 15.2. The summed E-state index contributed by atoms with van der Waals surface area (Å²) in [6.07, 6.45) is 0.671. The fraction of sp³-hybridized carbons (Fsp3) is 0.143. The van der Waals surface area contributed by atoms with Crippen molar-refractivity contribution in [2.24, 2.45) is 0 Å². The van der Waals surface area contributed by atoms with Crippen molar-refractivity contribution in [3.8, 4) is 6.07 Å². The molecule has 1 aromatic heterocycles. The summed E-state index contributed by atoms with van der Waals surface area (Å²) in [4.78, 5) is 14.4. The minimum Gasteiger partial charge on any atom is -0.385 e. The lowest BCUT2D eigenvalue weighted by atomic mass is 10.1. The average molecular weight is 284 g/mol. The molecule has 1 heterocycles. The monoisotopic (exact) mass is 284 g/mol. The van der Waals surface area contributed by atoms with Crippen LogP contribution in [0.4, 0.5) is 11.4 Å². The topological polar surface area (TPSA) is 112 Å². The van der Waals surface area contributed by atoms with E-state index in [1.807, 2.05) is 6.07 Å². The molecule has 0 aliphatic heterocycles. The lowest BCUT2D eigenvalue weighted by molar-refractivity contribution is -0.384. The molecule has 7 heteroatoms. The van der Waals surface area contributed by atoms with Gasteiger partial charge in [0.2, 0.25) is 0 Å². The quantitative estimate of drug-likeness (QED) is 0.641. The normalized spacial score (nSPS) is 11.4. The number of hydrogen-bond donors (Lipinski definition) is 2. The summed E-state index contributed by atoms with van der Waals surface area (Å²) >= 11 is 0. The van der Waals surface area contributed by atoms with Crippen LogP contribution in [0.2, 0.25) is 0 Å². The lowest BCUT2D eigenvalue weighted by Gasteiger charge is -2.12. The van der Waals surface area contributed by atoms with Crippen LogP contribution < -0.4 is 5.32 Å². The molecule has 2 N–H and O–H groups in total. The maximum absolute atomic E-state index is 11.0. The molecule has 0 saturated heterocycles. The predicted octanol–water partition coefficient (Wildman–Crippen LogP) is 2.01. The molecule has 0 aliphatic carbocycles. The maximum atomic E-state index is 11.0. The predicted molar refractivity (Wildman–Crippen MR) is 75.5 cm³/mol. The Morgan fingerprint density at radius 3 is 2.86 bits per heavy atom. The van der Waals surface area contributed by atoms with Gasteiger partial charge in [0.05, 0.1) is 22.2 Å². The Morgan fingerprint density at radius 2 is 2.24 bits per heavy atom. The van der Waals surface area contributed by atoms with Crippen LogP contribution in [-0.2, 0) is 0 Å². The largest absolute Gasteiger partial charge is 0.385 e. The summed E-state index contributed by atoms with van der Waals surface area (Å²) < 4.78 is 0. The van der Waals surface area contributed by atoms with Gasteiger partial charge in [0.1, 0.15) is 11.8 Å². The Labute approximate surface area is 120 Å². The molecular weight excluding hydrogens is 272 g/mol. The number of nitro groups is 1. The Hall–Kier alpha value is -2.98. The van der Waals surface area contributed by atoms with Crippen molar-refractivity contribution in [1.29, 1.82) is 5.26 Å². The number of nitriles is 1. The number of aromatic nitrogens is 1. The average Bonchev–Trinajstić information content (AvgIpc) is 2.53. The van der Waals surface area contributed by atoms with E-state index in [2.05, 4.69) is 10.3 Å². The van der Waals surface area contributed by atoms with Crippen LogP contribution in [0.15, 0.2) is 42.6 Å². The smallest absolute Gasteiger partial charge is 0.293 e. The highest BCUT2D eigenvalue weighted by molar-refractivity contribution is 5.64. The third-order valence-corrected chi connectivity index (χ3v) is 2.84. The van der Waals surface area contributed by atoms with Crippen molar-refractivity contribution in [1.82, 2.24) is 4.98 Å². The molecule has 2 rings (SSSR count). The zero-order valence-corrected chi connectivity index (χ0v) is 10.9. The highest BCUT2D eigenvalue weighted by atomic mass is 16.6. The second-order valence-corrected chi connectivity index (χ2v) is 4.25. The van der Waals surface area contributed by atoms with Gasteiger partial charge in [0.15, 0.2) is 0 Å². The number of pyridine rings is 1. The van der Waals surface area contributed by atoms with E-state index in [9.17, 15) is 15.2 Å². The van der Waals surface area contributed by atoms with E-state index in [1.54, 1.807) is 24.4 Å². The molecule has 0 bridgehead atoms. The van der Waals surface area contributed by atoms with Gasteiger partial charge in [-0.3, -0.25) is 15.1 Å². The second kappa shape index (κ2) is 6.45. The number of benzene rings is 1. The first-order valence-corrected chi connectivity index (χ1v) is 6.13. The number of hydrogen-bond acceptors (Lipinski definition) is 6. The zero-order valence-electron chi connectivity index (χ0n) is 10.9. The van der Waals surface area contributed by atoms with Crippen LogP contribution in [0.1, 0.15) is 17.4 Å². The molecule has 0 saturated carbocycles. The van der Waals surface area contributed by atoms with Gasteiger partial charge in [-0.15, -0.1) is 0 Å². The molecule has 0 spiro atoms. The van der Waals surface area contributed by atoms with Crippen molar-refractivity contribution < 1.29 is 10.0 Å². The third kappa shape index (κ3) is 3.52. The van der Waals surface area contributed by atoms with Crippen LogP contribution >= 0.6 is 0 Å². The molecule has 0 unspecified atom stereocenters. The summed E-state index contributed by atoms with van der Waals surface area (Å²) in [6.45, 7) is 0.0732. The molecule has 7 nitrogen and oxygen atoms in total. The first-order chi connectivity index (χ1) is 10.1. The van der Waals surface area contributed by atoms with Crippen molar-refractivity contribution in [3.63, 3.8) is 0 Å². The summed E-state index contributed by atoms with van der Waals surface area (Å²) in [5.41, 5.74) is 0.718. The number of nitrogens with one attached hydrogen (secondary N) is 1. The number of aliphatic hydroxyl groups is 1. The standard InChI is InChI=1S/C14H12N4O3/c15-8-10-4-5-11(13(7-10)18(20)21)17-9-14(19)12-3-1-2-6-16-12/h1-7,14,17,19H,9H2/t14-/m1/s1. The van der Waals surface area contributed by atoms with E-state index >= 15 is 0 Å². The summed E-state index contributed by atoms with van der Waals surface area (Å²) in [7, 11) is 0. The molecule has 0 aliphatic rings. The lowest BCUT2D eigenvalue weighted by Crippen LogP contribution is -2.14. The van der Waals surface area contributed by atoms with Crippen LogP contribution in [0.5, 0.6) is 0 Å². The molecule has 0 radical (unpaired) electrons. The van der Waals surface area contributed by atoms with E-state index in [-0.39, 0.29) is 23.5 Å². The Balaban J connectivity index is 2.13. The fourth-order valence-electron chi connectivity index (χ4n) is 1.79. The van der Waals surface area contributed by atoms with Gasteiger partial charge in [-0.25, -0.2) is 0 Å². The number of anilines is 1. The number of nitrogens with zero attached hydrogens (tertiary/aromatic N) is 3. The van der Waals surface area contributed by atoms with Crippen LogP contribution in [0, 0.1) is 21.4 Å². The molecule has 1 atom stereocenters. The summed E-state index contributed by atoms with van der Waals surface area (Å²) in [5, 5.41) is 32.5. The van der Waals surface area contributed by atoms with E-state index in [1.165, 1.54) is 18.2 Å². The Kier molecular flexibility index (Phi) is 4.43. The molecule has 106 valence electrons. The van der Waals surface area contributed by atoms with E-state index in [0.29, 0.717) is 5.69 Å². The number of aliphatic hydroxyl groups excluding tert-OH is 1. The van der Waals surface area contributed by atoms with Gasteiger partial charge in [0.25, 0.3) is 5.69 Å². The van der Waals surface area contributed by atoms with Crippen molar-refractivity contribution in [2.45, 2.75) is 6.10 Å². The van der Waals surface area contributed by atoms with Gasteiger partial charge in [-0.2, -0.15) is 5.26 Å². The van der Waals surface area contributed by atoms with E-state index < -0.39 is 11.0 Å². The Bertz CT molecular complexity index is 682. The van der Waals surface area contributed by atoms with Gasteiger partial charge in [0, 0.05) is 18.8 Å². The molecular formula is C14H12N4O3. The maximum Gasteiger partial charge on any atom is 0.293 e. The number of nitro benzene ring substituents is 1. The molecule has 1 aromatic carbocycles. The fourth-order valence-corrected chi connectivity index (χ4v) is 1.79. The van der Waals surface area contributed by atoms with Crippen LogP contribution in [0.3, 0.4) is 0 Å². The van der Waals surface area contributed by atoms with Gasteiger partial charge < -0.3 is 10.4 Å². The molecule has 21 heavy (non-hydrogen) atoms. The Morgan fingerprint density at radius 1 is 1.43 bits per heavy atom. The van der Waals surface area contributed by atoms with Crippen molar-refractivity contribution in [2.75, 3.05) is 11.9 Å². The SMILES string of the molecule is N#Cc1ccc(NC[C@@H](O)c2ccccn2)c([N+](=O)[O-])c1. The van der Waals surface area contributed by atoms with Crippen molar-refractivity contribution in [3.05, 3.63) is 64.0 Å².